The quantitative estimate of drug-likeness (QED) is 0.595. The summed E-state index contributed by atoms with van der Waals surface area (Å²) in [4.78, 5) is 28.1. The Morgan fingerprint density at radius 3 is 2.76 bits per heavy atom. The van der Waals surface area contributed by atoms with Crippen molar-refractivity contribution in [3.63, 3.8) is 0 Å². The second-order valence-electron chi connectivity index (χ2n) is 7.07. The third-order valence-corrected chi connectivity index (χ3v) is 3.89. The molecule has 0 aromatic carbocycles. The number of carbonyl (C=O) groups excluding carboxylic acids is 1. The molecule has 1 saturated heterocycles. The van der Waals surface area contributed by atoms with E-state index in [4.69, 9.17) is 9.47 Å². The van der Waals surface area contributed by atoms with Crippen LogP contribution in [0.25, 0.3) is 0 Å². The highest BCUT2D eigenvalue weighted by molar-refractivity contribution is 5.68. The molecule has 2 rings (SSSR count). The highest BCUT2D eigenvalue weighted by Gasteiger charge is 2.30. The molecule has 1 amide bonds. The Kier molecular flexibility index (Phi) is 6.17. The first-order chi connectivity index (χ1) is 11.8. The SMILES string of the molecule is CC(C)(C)OC(=O)N1CCCCC1CCOc1ccc([N+](=O)[O-])cn1. The number of rotatable bonds is 5. The minimum absolute atomic E-state index is 0.0710. The van der Waals surface area contributed by atoms with Gasteiger partial charge in [-0.25, -0.2) is 9.78 Å². The zero-order valence-corrected chi connectivity index (χ0v) is 14.9. The van der Waals surface area contributed by atoms with Gasteiger partial charge in [0.25, 0.3) is 5.69 Å². The number of aromatic nitrogens is 1. The highest BCUT2D eigenvalue weighted by Crippen LogP contribution is 2.23. The molecule has 0 saturated carbocycles. The molecule has 8 nitrogen and oxygen atoms in total. The number of piperidine rings is 1. The van der Waals surface area contributed by atoms with Crippen LogP contribution in [0.15, 0.2) is 18.3 Å². The maximum Gasteiger partial charge on any atom is 0.410 e. The van der Waals surface area contributed by atoms with E-state index in [-0.39, 0.29) is 17.8 Å². The van der Waals surface area contributed by atoms with Gasteiger partial charge >= 0.3 is 6.09 Å². The summed E-state index contributed by atoms with van der Waals surface area (Å²) in [5, 5.41) is 10.6. The Labute approximate surface area is 147 Å². The molecule has 1 atom stereocenters. The monoisotopic (exact) mass is 351 g/mol. The zero-order valence-electron chi connectivity index (χ0n) is 14.9. The van der Waals surface area contributed by atoms with E-state index in [1.165, 1.54) is 18.3 Å². The van der Waals surface area contributed by atoms with Crippen LogP contribution >= 0.6 is 0 Å². The Hall–Kier alpha value is -2.38. The molecule has 25 heavy (non-hydrogen) atoms. The van der Waals surface area contributed by atoms with Crippen molar-refractivity contribution >= 4 is 11.8 Å². The molecule has 1 aliphatic rings. The topological polar surface area (TPSA) is 94.8 Å². The van der Waals surface area contributed by atoms with Crippen LogP contribution in [-0.2, 0) is 4.74 Å². The largest absolute Gasteiger partial charge is 0.478 e. The highest BCUT2D eigenvalue weighted by atomic mass is 16.6. The van der Waals surface area contributed by atoms with Gasteiger partial charge in [0.05, 0.1) is 11.5 Å². The van der Waals surface area contributed by atoms with E-state index in [2.05, 4.69) is 4.98 Å². The lowest BCUT2D eigenvalue weighted by molar-refractivity contribution is -0.385. The molecule has 1 aliphatic heterocycles. The molecule has 2 heterocycles. The van der Waals surface area contributed by atoms with Crippen LogP contribution in [-0.4, -0.2) is 45.7 Å². The summed E-state index contributed by atoms with van der Waals surface area (Å²) in [6.07, 6.45) is 4.50. The van der Waals surface area contributed by atoms with Gasteiger partial charge in [-0.2, -0.15) is 0 Å². The van der Waals surface area contributed by atoms with Gasteiger partial charge in [0.1, 0.15) is 11.8 Å². The predicted molar refractivity (Wildman–Crippen MR) is 91.6 cm³/mol. The number of pyridine rings is 1. The molecule has 1 aromatic rings. The lowest BCUT2D eigenvalue weighted by Crippen LogP contribution is -2.46. The predicted octanol–water partition coefficient (Wildman–Crippen LogP) is 3.55. The molecule has 0 bridgehead atoms. The van der Waals surface area contributed by atoms with E-state index in [1.807, 2.05) is 20.8 Å². The fraction of sp³-hybridized carbons (Fsp3) is 0.647. The van der Waals surface area contributed by atoms with Crippen molar-refractivity contribution in [1.29, 1.82) is 0 Å². The molecule has 0 aliphatic carbocycles. The van der Waals surface area contributed by atoms with Gasteiger partial charge in [-0.3, -0.25) is 10.1 Å². The van der Waals surface area contributed by atoms with Crippen molar-refractivity contribution in [2.75, 3.05) is 13.2 Å². The number of hydrogen-bond acceptors (Lipinski definition) is 6. The minimum Gasteiger partial charge on any atom is -0.478 e. The van der Waals surface area contributed by atoms with E-state index < -0.39 is 10.5 Å². The number of hydrogen-bond donors (Lipinski definition) is 0. The summed E-state index contributed by atoms with van der Waals surface area (Å²) < 4.78 is 11.0. The van der Waals surface area contributed by atoms with Crippen molar-refractivity contribution in [3.8, 4) is 5.88 Å². The number of amides is 1. The number of carbonyl (C=O) groups is 1. The van der Waals surface area contributed by atoms with Gasteiger partial charge in [0.15, 0.2) is 0 Å². The van der Waals surface area contributed by atoms with Crippen LogP contribution in [0.2, 0.25) is 0 Å². The summed E-state index contributed by atoms with van der Waals surface area (Å²) in [7, 11) is 0. The molecule has 0 radical (unpaired) electrons. The van der Waals surface area contributed by atoms with Gasteiger partial charge in [-0.15, -0.1) is 0 Å². The summed E-state index contributed by atoms with van der Waals surface area (Å²) in [5.74, 6) is 0.338. The summed E-state index contributed by atoms with van der Waals surface area (Å²) >= 11 is 0. The maximum absolute atomic E-state index is 12.3. The third-order valence-electron chi connectivity index (χ3n) is 3.89. The summed E-state index contributed by atoms with van der Waals surface area (Å²) in [6.45, 7) is 6.64. The normalized spacial score (nSPS) is 17.9. The van der Waals surface area contributed by atoms with E-state index >= 15 is 0 Å². The first kappa shape index (κ1) is 19.0. The van der Waals surface area contributed by atoms with Crippen molar-refractivity contribution < 1.29 is 19.2 Å². The average Bonchev–Trinajstić information content (AvgIpc) is 2.54. The van der Waals surface area contributed by atoms with Crippen LogP contribution in [0, 0.1) is 10.1 Å². The smallest absolute Gasteiger partial charge is 0.410 e. The van der Waals surface area contributed by atoms with E-state index in [0.717, 1.165) is 19.3 Å². The molecule has 138 valence electrons. The molecule has 0 spiro atoms. The molecule has 1 fully saturated rings. The van der Waals surface area contributed by atoms with Crippen molar-refractivity contribution in [2.45, 2.75) is 58.1 Å². The van der Waals surface area contributed by atoms with Crippen molar-refractivity contribution in [2.24, 2.45) is 0 Å². The molecular weight excluding hydrogens is 326 g/mol. The Balaban J connectivity index is 1.86. The van der Waals surface area contributed by atoms with Crippen LogP contribution in [0.1, 0.15) is 46.5 Å². The molecule has 8 heteroatoms. The van der Waals surface area contributed by atoms with E-state index in [1.54, 1.807) is 4.90 Å². The van der Waals surface area contributed by atoms with Gasteiger partial charge in [-0.05, 0) is 40.0 Å². The molecule has 0 N–H and O–H groups in total. The zero-order chi connectivity index (χ0) is 18.4. The number of nitrogens with zero attached hydrogens (tertiary/aromatic N) is 3. The third kappa shape index (κ3) is 5.88. The Morgan fingerprint density at radius 1 is 1.40 bits per heavy atom. The van der Waals surface area contributed by atoms with Crippen LogP contribution in [0.4, 0.5) is 10.5 Å². The van der Waals surface area contributed by atoms with Gasteiger partial charge in [0, 0.05) is 31.1 Å². The number of ether oxygens (including phenoxy) is 2. The summed E-state index contributed by atoms with van der Waals surface area (Å²) in [6, 6.07) is 2.90. The number of likely N-dealkylation sites (tertiary alicyclic amines) is 1. The van der Waals surface area contributed by atoms with E-state index in [9.17, 15) is 14.9 Å². The molecular formula is C17H25N3O5. The fourth-order valence-electron chi connectivity index (χ4n) is 2.73. The van der Waals surface area contributed by atoms with Gasteiger partial charge in [0.2, 0.25) is 5.88 Å². The maximum atomic E-state index is 12.3. The fourth-order valence-corrected chi connectivity index (χ4v) is 2.73. The van der Waals surface area contributed by atoms with Gasteiger partial charge < -0.3 is 14.4 Å². The molecule has 1 unspecified atom stereocenters. The second-order valence-corrected chi connectivity index (χ2v) is 7.07. The Morgan fingerprint density at radius 2 is 2.16 bits per heavy atom. The standard InChI is InChI=1S/C17H25N3O5/c1-17(2,3)25-16(21)19-10-5-4-6-13(19)9-11-24-15-8-7-14(12-18-15)20(22)23/h7-8,12-13H,4-6,9-11H2,1-3H3. The first-order valence-corrected chi connectivity index (χ1v) is 8.49. The van der Waals surface area contributed by atoms with Crippen molar-refractivity contribution in [3.05, 3.63) is 28.4 Å². The second kappa shape index (κ2) is 8.13. The van der Waals surface area contributed by atoms with Crippen LogP contribution < -0.4 is 4.74 Å². The molecule has 1 aromatic heterocycles. The van der Waals surface area contributed by atoms with Crippen LogP contribution in [0.3, 0.4) is 0 Å². The van der Waals surface area contributed by atoms with Crippen molar-refractivity contribution in [1.82, 2.24) is 9.88 Å². The van der Waals surface area contributed by atoms with Gasteiger partial charge in [-0.1, -0.05) is 0 Å². The van der Waals surface area contributed by atoms with E-state index in [0.29, 0.717) is 25.5 Å². The lowest BCUT2D eigenvalue weighted by Gasteiger charge is -2.36. The number of nitro groups is 1. The first-order valence-electron chi connectivity index (χ1n) is 8.49. The minimum atomic E-state index is -0.516. The Bertz CT molecular complexity index is 597. The van der Waals surface area contributed by atoms with Crippen LogP contribution in [0.5, 0.6) is 5.88 Å². The average molecular weight is 351 g/mol. The lowest BCUT2D eigenvalue weighted by atomic mass is 10.0. The summed E-state index contributed by atoms with van der Waals surface area (Å²) in [5.41, 5.74) is -0.589.